The molecule has 0 aromatic carbocycles. The summed E-state index contributed by atoms with van der Waals surface area (Å²) in [7, 11) is 0. The fraction of sp³-hybridized carbons (Fsp3) is 0.765. The summed E-state index contributed by atoms with van der Waals surface area (Å²) in [5.74, 6) is -0.104. The van der Waals surface area contributed by atoms with Crippen molar-refractivity contribution in [1.82, 2.24) is 0 Å². The Kier molecular flexibility index (Phi) is 5.04. The van der Waals surface area contributed by atoms with E-state index in [1.165, 1.54) is 0 Å². The Morgan fingerprint density at radius 2 is 2.13 bits per heavy atom. The first kappa shape index (κ1) is 17.2. The molecule has 0 radical (unpaired) electrons. The lowest BCUT2D eigenvalue weighted by molar-refractivity contribution is -0.230. The van der Waals surface area contributed by atoms with Crippen LogP contribution in [-0.2, 0) is 25.6 Å². The molecule has 23 heavy (non-hydrogen) atoms. The standard InChI is InChI=1S/C17H25ClO5/c1-5-17(4)22-14-13(20-9-11-6-7-19-15(11)18)12(8-10(2)3)21-16(14)23-17/h6-7,10,12-14,16H,5,8-9H2,1-4H3/t12-,13+,14-,16-,17?/m1/s1. The Morgan fingerprint density at radius 1 is 1.35 bits per heavy atom. The Hall–Kier alpha value is -0.590. The maximum absolute atomic E-state index is 6.12. The van der Waals surface area contributed by atoms with Crippen molar-refractivity contribution >= 4 is 11.6 Å². The second kappa shape index (κ2) is 6.73. The summed E-state index contributed by atoms with van der Waals surface area (Å²) in [6, 6.07) is 1.81. The average molecular weight is 345 g/mol. The van der Waals surface area contributed by atoms with Gasteiger partial charge in [-0.1, -0.05) is 20.8 Å². The molecule has 3 heterocycles. The molecule has 1 aromatic rings. The summed E-state index contributed by atoms with van der Waals surface area (Å²) in [5, 5.41) is 0.364. The first-order valence-electron chi connectivity index (χ1n) is 8.26. The van der Waals surface area contributed by atoms with Crippen molar-refractivity contribution in [2.45, 2.75) is 77.5 Å². The first-order valence-corrected chi connectivity index (χ1v) is 8.64. The molecule has 0 bridgehead atoms. The zero-order valence-corrected chi connectivity index (χ0v) is 14.8. The van der Waals surface area contributed by atoms with Crippen LogP contribution in [0.4, 0.5) is 0 Å². The highest BCUT2D eigenvalue weighted by molar-refractivity contribution is 6.29. The summed E-state index contributed by atoms with van der Waals surface area (Å²) in [6.45, 7) is 8.68. The van der Waals surface area contributed by atoms with E-state index in [1.54, 1.807) is 6.26 Å². The van der Waals surface area contributed by atoms with Gasteiger partial charge < -0.3 is 23.4 Å². The van der Waals surface area contributed by atoms with Crippen LogP contribution in [0, 0.1) is 5.92 Å². The largest absolute Gasteiger partial charge is 0.453 e. The molecule has 5 atom stereocenters. The zero-order chi connectivity index (χ0) is 16.6. The lowest BCUT2D eigenvalue weighted by Gasteiger charge is -2.28. The van der Waals surface area contributed by atoms with Crippen molar-refractivity contribution in [3.05, 3.63) is 23.1 Å². The molecule has 2 fully saturated rings. The second-order valence-electron chi connectivity index (χ2n) is 6.86. The molecule has 3 rings (SSSR count). The minimum absolute atomic E-state index is 0.0444. The number of furan rings is 1. The molecule has 2 aliphatic heterocycles. The SMILES string of the molecule is CCC1(C)O[C@H]2O[C@H](CC(C)C)[C@H](OCc3ccoc3Cl)[C@H]2O1. The summed E-state index contributed by atoms with van der Waals surface area (Å²) in [4.78, 5) is 0. The van der Waals surface area contributed by atoms with Gasteiger partial charge in [0.1, 0.15) is 12.2 Å². The van der Waals surface area contributed by atoms with Crippen LogP contribution in [0.1, 0.15) is 46.1 Å². The van der Waals surface area contributed by atoms with Crippen molar-refractivity contribution in [1.29, 1.82) is 0 Å². The van der Waals surface area contributed by atoms with E-state index < -0.39 is 5.79 Å². The summed E-state index contributed by atoms with van der Waals surface area (Å²) in [5.41, 5.74) is 0.829. The minimum Gasteiger partial charge on any atom is -0.453 e. The minimum atomic E-state index is -0.604. The molecule has 0 aliphatic carbocycles. The van der Waals surface area contributed by atoms with Gasteiger partial charge in [0.25, 0.3) is 0 Å². The van der Waals surface area contributed by atoms with Gasteiger partial charge in [-0.25, -0.2) is 0 Å². The fourth-order valence-corrected chi connectivity index (χ4v) is 3.27. The zero-order valence-electron chi connectivity index (χ0n) is 14.1. The van der Waals surface area contributed by atoms with E-state index in [1.807, 2.05) is 19.9 Å². The molecule has 2 aliphatic rings. The molecular formula is C17H25ClO5. The van der Waals surface area contributed by atoms with E-state index in [0.717, 1.165) is 18.4 Å². The number of rotatable bonds is 6. The summed E-state index contributed by atoms with van der Waals surface area (Å²) in [6.07, 6.45) is 2.41. The van der Waals surface area contributed by atoms with Gasteiger partial charge in [0.15, 0.2) is 17.3 Å². The molecule has 5 nitrogen and oxygen atoms in total. The molecule has 1 aromatic heterocycles. The van der Waals surface area contributed by atoms with E-state index in [0.29, 0.717) is 17.7 Å². The lowest BCUT2D eigenvalue weighted by Crippen LogP contribution is -2.38. The Bertz CT molecular complexity index is 531. The van der Waals surface area contributed by atoms with Gasteiger partial charge in [0.2, 0.25) is 0 Å². The molecule has 0 saturated carbocycles. The van der Waals surface area contributed by atoms with Gasteiger partial charge in [-0.3, -0.25) is 0 Å². The molecule has 6 heteroatoms. The first-order chi connectivity index (χ1) is 10.9. The molecule has 0 amide bonds. The molecular weight excluding hydrogens is 320 g/mol. The molecule has 130 valence electrons. The van der Waals surface area contributed by atoms with Gasteiger partial charge in [0.05, 0.1) is 19.0 Å². The number of fused-ring (bicyclic) bond motifs is 1. The van der Waals surface area contributed by atoms with Crippen molar-refractivity contribution in [2.24, 2.45) is 5.92 Å². The number of hydrogen-bond acceptors (Lipinski definition) is 5. The van der Waals surface area contributed by atoms with Gasteiger partial charge >= 0.3 is 0 Å². The van der Waals surface area contributed by atoms with Gasteiger partial charge in [-0.2, -0.15) is 0 Å². The summed E-state index contributed by atoms with van der Waals surface area (Å²) < 4.78 is 29.4. The maximum atomic E-state index is 6.12. The van der Waals surface area contributed by atoms with Crippen LogP contribution in [0.3, 0.4) is 0 Å². The third-order valence-electron chi connectivity index (χ3n) is 4.49. The third-order valence-corrected chi connectivity index (χ3v) is 4.82. The average Bonchev–Trinajstić information content (AvgIpc) is 3.11. The molecule has 0 N–H and O–H groups in total. The third kappa shape index (κ3) is 3.59. The molecule has 1 unspecified atom stereocenters. The maximum Gasteiger partial charge on any atom is 0.198 e. The van der Waals surface area contributed by atoms with E-state index in [9.17, 15) is 0 Å². The van der Waals surface area contributed by atoms with Gasteiger partial charge in [0, 0.05) is 5.56 Å². The van der Waals surface area contributed by atoms with Gasteiger partial charge in [-0.15, -0.1) is 0 Å². The number of halogens is 1. The highest BCUT2D eigenvalue weighted by Crippen LogP contribution is 2.42. The van der Waals surface area contributed by atoms with Crippen molar-refractivity contribution in [2.75, 3.05) is 0 Å². The Morgan fingerprint density at radius 3 is 2.74 bits per heavy atom. The normalized spacial score (nSPS) is 36.8. The highest BCUT2D eigenvalue weighted by atomic mass is 35.5. The van der Waals surface area contributed by atoms with Crippen LogP contribution < -0.4 is 0 Å². The van der Waals surface area contributed by atoms with Crippen molar-refractivity contribution in [3.8, 4) is 0 Å². The highest BCUT2D eigenvalue weighted by Gasteiger charge is 2.56. The Labute approximate surface area is 142 Å². The quantitative estimate of drug-likeness (QED) is 0.776. The van der Waals surface area contributed by atoms with Crippen LogP contribution in [-0.4, -0.2) is 30.4 Å². The Balaban J connectivity index is 1.70. The molecule has 0 spiro atoms. The monoisotopic (exact) mass is 344 g/mol. The summed E-state index contributed by atoms with van der Waals surface area (Å²) >= 11 is 5.99. The smallest absolute Gasteiger partial charge is 0.198 e. The molecule has 2 saturated heterocycles. The van der Waals surface area contributed by atoms with Crippen molar-refractivity contribution < 1.29 is 23.4 Å². The van der Waals surface area contributed by atoms with E-state index >= 15 is 0 Å². The van der Waals surface area contributed by atoms with Crippen LogP contribution in [0.5, 0.6) is 0 Å². The van der Waals surface area contributed by atoms with Gasteiger partial charge in [-0.05, 0) is 43.4 Å². The van der Waals surface area contributed by atoms with Crippen LogP contribution in [0.15, 0.2) is 16.7 Å². The van der Waals surface area contributed by atoms with Crippen LogP contribution in [0.25, 0.3) is 0 Å². The van der Waals surface area contributed by atoms with E-state index in [4.69, 9.17) is 35.0 Å². The van der Waals surface area contributed by atoms with E-state index in [-0.39, 0.29) is 24.6 Å². The predicted octanol–water partition coefficient (Wildman–Crippen LogP) is 4.13. The predicted molar refractivity (Wildman–Crippen MR) is 85.1 cm³/mol. The van der Waals surface area contributed by atoms with E-state index in [2.05, 4.69) is 13.8 Å². The van der Waals surface area contributed by atoms with Crippen LogP contribution >= 0.6 is 11.6 Å². The number of ether oxygens (including phenoxy) is 4. The van der Waals surface area contributed by atoms with Crippen molar-refractivity contribution in [3.63, 3.8) is 0 Å². The second-order valence-corrected chi connectivity index (χ2v) is 7.20. The fourth-order valence-electron chi connectivity index (χ4n) is 3.10. The van der Waals surface area contributed by atoms with Crippen LogP contribution in [0.2, 0.25) is 5.22 Å². The topological polar surface area (TPSA) is 50.1 Å². The lowest BCUT2D eigenvalue weighted by atomic mass is 10.0. The number of hydrogen-bond donors (Lipinski definition) is 0.